The molecule has 0 bridgehead atoms. The summed E-state index contributed by atoms with van der Waals surface area (Å²) >= 11 is 0. The fourth-order valence-electron chi connectivity index (χ4n) is 3.57. The van der Waals surface area contributed by atoms with Crippen LogP contribution in [0.1, 0.15) is 11.1 Å². The standard InChI is InChI=1S/C21H23N3O.ClH/c1-13-18-12-22-8-7-16(18)14(2)21-20(13)17-11-15(5-6-19(17)23-21)25-10-9-24(3)4;/h5-8,11-12,23H,9-10H2,1-4H3;1H. The number of rotatable bonds is 4. The molecule has 2 aromatic carbocycles. The van der Waals surface area contributed by atoms with E-state index < -0.39 is 0 Å². The molecule has 26 heavy (non-hydrogen) atoms. The number of nitrogens with one attached hydrogen (secondary N) is 1. The van der Waals surface area contributed by atoms with E-state index in [2.05, 4.69) is 61.0 Å². The molecule has 136 valence electrons. The van der Waals surface area contributed by atoms with Crippen molar-refractivity contribution in [1.82, 2.24) is 14.9 Å². The molecule has 4 rings (SSSR count). The number of aromatic nitrogens is 2. The number of pyridine rings is 1. The van der Waals surface area contributed by atoms with Crippen molar-refractivity contribution in [2.45, 2.75) is 13.8 Å². The molecule has 0 saturated carbocycles. The van der Waals surface area contributed by atoms with Gasteiger partial charge in [-0.3, -0.25) is 4.98 Å². The molecule has 4 nitrogen and oxygen atoms in total. The quantitative estimate of drug-likeness (QED) is 0.559. The van der Waals surface area contributed by atoms with E-state index >= 15 is 0 Å². The van der Waals surface area contributed by atoms with Gasteiger partial charge in [-0.1, -0.05) is 0 Å². The normalized spacial score (nSPS) is 11.4. The van der Waals surface area contributed by atoms with Gasteiger partial charge in [-0.25, -0.2) is 0 Å². The third kappa shape index (κ3) is 3.00. The van der Waals surface area contributed by atoms with Crippen LogP contribution in [0, 0.1) is 13.8 Å². The molecule has 2 heterocycles. The Labute approximate surface area is 159 Å². The number of hydrogen-bond acceptors (Lipinski definition) is 3. The van der Waals surface area contributed by atoms with Crippen LogP contribution in [0.3, 0.4) is 0 Å². The van der Waals surface area contributed by atoms with Gasteiger partial charge in [0.15, 0.2) is 0 Å². The van der Waals surface area contributed by atoms with Gasteiger partial charge in [-0.2, -0.15) is 0 Å². The molecular weight excluding hydrogens is 346 g/mol. The van der Waals surface area contributed by atoms with Gasteiger partial charge in [0.2, 0.25) is 0 Å². The van der Waals surface area contributed by atoms with Crippen LogP contribution in [-0.2, 0) is 0 Å². The molecule has 2 aromatic heterocycles. The van der Waals surface area contributed by atoms with Crippen LogP contribution in [0.5, 0.6) is 5.75 Å². The van der Waals surface area contributed by atoms with E-state index in [1.165, 1.54) is 38.2 Å². The van der Waals surface area contributed by atoms with Crippen LogP contribution in [0.2, 0.25) is 0 Å². The number of halogens is 1. The van der Waals surface area contributed by atoms with Gasteiger partial charge in [-0.05, 0) is 68.7 Å². The molecule has 0 aliphatic heterocycles. The Balaban J connectivity index is 0.00000196. The molecule has 0 radical (unpaired) electrons. The first-order chi connectivity index (χ1) is 12.1. The van der Waals surface area contributed by atoms with Crippen molar-refractivity contribution in [1.29, 1.82) is 0 Å². The van der Waals surface area contributed by atoms with Gasteiger partial charge in [0, 0.05) is 40.6 Å². The van der Waals surface area contributed by atoms with Crippen LogP contribution in [-0.4, -0.2) is 42.1 Å². The third-order valence-electron chi connectivity index (χ3n) is 4.96. The number of H-pyrrole nitrogens is 1. The third-order valence-corrected chi connectivity index (χ3v) is 4.96. The number of fused-ring (bicyclic) bond motifs is 4. The average molecular weight is 370 g/mol. The second kappa shape index (κ2) is 7.14. The van der Waals surface area contributed by atoms with E-state index in [0.717, 1.165) is 17.8 Å². The largest absolute Gasteiger partial charge is 0.492 e. The number of hydrogen-bond donors (Lipinski definition) is 1. The smallest absolute Gasteiger partial charge is 0.120 e. The molecule has 0 aliphatic carbocycles. The number of aryl methyl sites for hydroxylation is 2. The molecule has 0 unspecified atom stereocenters. The van der Waals surface area contributed by atoms with Crippen molar-refractivity contribution in [3.8, 4) is 5.75 Å². The van der Waals surface area contributed by atoms with Gasteiger partial charge in [0.05, 0.1) is 5.52 Å². The van der Waals surface area contributed by atoms with Crippen LogP contribution >= 0.6 is 12.4 Å². The SMILES string of the molecule is Cc1c2ccncc2c(C)c2c1[nH]c1ccc(OCCN(C)C)cc12.Cl. The molecule has 0 spiro atoms. The highest BCUT2D eigenvalue weighted by molar-refractivity contribution is 6.16. The lowest BCUT2D eigenvalue weighted by Gasteiger charge is -2.11. The molecule has 0 aliphatic rings. The van der Waals surface area contributed by atoms with Crippen molar-refractivity contribution >= 4 is 45.0 Å². The van der Waals surface area contributed by atoms with E-state index in [1.54, 1.807) is 0 Å². The molecule has 5 heteroatoms. The molecule has 1 N–H and O–H groups in total. The fourth-order valence-corrected chi connectivity index (χ4v) is 3.57. The summed E-state index contributed by atoms with van der Waals surface area (Å²) < 4.78 is 5.93. The van der Waals surface area contributed by atoms with Crippen molar-refractivity contribution in [3.63, 3.8) is 0 Å². The zero-order valence-electron chi connectivity index (χ0n) is 15.6. The Kier molecular flexibility index (Phi) is 5.08. The summed E-state index contributed by atoms with van der Waals surface area (Å²) in [5.74, 6) is 0.915. The first-order valence-corrected chi connectivity index (χ1v) is 8.62. The van der Waals surface area contributed by atoms with E-state index in [9.17, 15) is 0 Å². The maximum Gasteiger partial charge on any atom is 0.120 e. The molecule has 0 atom stereocenters. The second-order valence-electron chi connectivity index (χ2n) is 6.91. The summed E-state index contributed by atoms with van der Waals surface area (Å²) in [6.45, 7) is 5.94. The van der Waals surface area contributed by atoms with Crippen molar-refractivity contribution in [2.75, 3.05) is 27.2 Å². The molecule has 0 amide bonds. The van der Waals surface area contributed by atoms with Crippen LogP contribution in [0.4, 0.5) is 0 Å². The Morgan fingerprint density at radius 1 is 1.04 bits per heavy atom. The maximum atomic E-state index is 5.93. The van der Waals surface area contributed by atoms with Crippen LogP contribution in [0.25, 0.3) is 32.6 Å². The van der Waals surface area contributed by atoms with Gasteiger partial charge in [0.1, 0.15) is 12.4 Å². The highest BCUT2D eigenvalue weighted by atomic mass is 35.5. The average Bonchev–Trinajstić information content (AvgIpc) is 2.98. The molecular formula is C21H24ClN3O. The minimum absolute atomic E-state index is 0. The lowest BCUT2D eigenvalue weighted by Crippen LogP contribution is -2.19. The summed E-state index contributed by atoms with van der Waals surface area (Å²) in [4.78, 5) is 10.0. The van der Waals surface area contributed by atoms with Crippen molar-refractivity contribution < 1.29 is 4.74 Å². The summed E-state index contributed by atoms with van der Waals surface area (Å²) in [5.41, 5.74) is 4.88. The minimum Gasteiger partial charge on any atom is -0.492 e. The summed E-state index contributed by atoms with van der Waals surface area (Å²) in [6.07, 6.45) is 3.83. The van der Waals surface area contributed by atoms with Crippen LogP contribution < -0.4 is 4.74 Å². The number of benzene rings is 2. The fraction of sp³-hybridized carbons (Fsp3) is 0.286. The highest BCUT2D eigenvalue weighted by Gasteiger charge is 2.14. The van der Waals surface area contributed by atoms with Gasteiger partial charge in [0.25, 0.3) is 0 Å². The number of nitrogens with zero attached hydrogens (tertiary/aromatic N) is 2. The lowest BCUT2D eigenvalue weighted by atomic mass is 9.97. The van der Waals surface area contributed by atoms with Crippen molar-refractivity contribution in [2.24, 2.45) is 0 Å². The van der Waals surface area contributed by atoms with Crippen LogP contribution in [0.15, 0.2) is 36.7 Å². The highest BCUT2D eigenvalue weighted by Crippen LogP contribution is 2.37. The number of aromatic amines is 1. The number of likely N-dealkylation sites (N-methyl/N-ethyl adjacent to an activating group) is 1. The molecule has 0 fully saturated rings. The summed E-state index contributed by atoms with van der Waals surface area (Å²) in [6, 6.07) is 8.40. The Hall–Kier alpha value is -2.30. The van der Waals surface area contributed by atoms with Gasteiger partial charge >= 0.3 is 0 Å². The molecule has 4 aromatic rings. The molecule has 0 saturated heterocycles. The predicted octanol–water partition coefficient (Wildman–Crippen LogP) is 4.85. The zero-order chi connectivity index (χ0) is 17.6. The zero-order valence-corrected chi connectivity index (χ0v) is 16.4. The minimum atomic E-state index is 0. The van der Waals surface area contributed by atoms with Gasteiger partial charge in [-0.15, -0.1) is 12.4 Å². The second-order valence-corrected chi connectivity index (χ2v) is 6.91. The summed E-state index contributed by atoms with van der Waals surface area (Å²) in [5, 5.41) is 4.95. The lowest BCUT2D eigenvalue weighted by molar-refractivity contribution is 0.261. The Morgan fingerprint density at radius 3 is 2.62 bits per heavy atom. The summed E-state index contributed by atoms with van der Waals surface area (Å²) in [7, 11) is 4.11. The predicted molar refractivity (Wildman–Crippen MR) is 112 cm³/mol. The number of ether oxygens (including phenoxy) is 1. The van der Waals surface area contributed by atoms with E-state index in [-0.39, 0.29) is 12.4 Å². The van der Waals surface area contributed by atoms with Crippen molar-refractivity contribution in [3.05, 3.63) is 47.8 Å². The maximum absolute atomic E-state index is 5.93. The van der Waals surface area contributed by atoms with E-state index in [4.69, 9.17) is 4.74 Å². The monoisotopic (exact) mass is 369 g/mol. The Morgan fingerprint density at radius 2 is 1.85 bits per heavy atom. The first kappa shape index (κ1) is 18.5. The Bertz CT molecular complexity index is 1090. The van der Waals surface area contributed by atoms with E-state index in [0.29, 0.717) is 6.61 Å². The van der Waals surface area contributed by atoms with Gasteiger partial charge < -0.3 is 14.6 Å². The first-order valence-electron chi connectivity index (χ1n) is 8.62. The van der Waals surface area contributed by atoms with E-state index in [1.807, 2.05) is 18.5 Å². The topological polar surface area (TPSA) is 41.1 Å².